The highest BCUT2D eigenvalue weighted by molar-refractivity contribution is 8.01. The third-order valence-electron chi connectivity index (χ3n) is 9.51. The molecule has 6 heteroatoms. The van der Waals surface area contributed by atoms with Gasteiger partial charge in [-0.3, -0.25) is 0 Å². The Kier molecular flexibility index (Phi) is 6.38. The van der Waals surface area contributed by atoms with Crippen LogP contribution in [0.25, 0.3) is 55.0 Å². The largest absolute Gasteiger partial charge is 0.443 e. The second kappa shape index (κ2) is 11.0. The van der Waals surface area contributed by atoms with Crippen molar-refractivity contribution in [1.29, 1.82) is 0 Å². The average molecular weight is 651 g/mol. The van der Waals surface area contributed by atoms with Crippen LogP contribution in [0.5, 0.6) is 0 Å². The molecule has 3 nitrogen and oxygen atoms in total. The molecule has 1 aliphatic rings. The molecule has 7 aromatic carbocycles. The minimum Gasteiger partial charge on any atom is -0.443 e. The second-order valence-corrected chi connectivity index (χ2v) is 14.4. The molecule has 10 rings (SSSR count). The number of benzene rings is 7. The number of hydrogen-bond acceptors (Lipinski definition) is 3. The molecular formula is C42H27BN2OS2. The lowest BCUT2D eigenvalue weighted by atomic mass is 9.55. The first-order chi connectivity index (χ1) is 23.7. The lowest BCUT2D eigenvalue weighted by Crippen LogP contribution is -2.47. The zero-order chi connectivity index (χ0) is 31.8. The number of rotatable bonds is 4. The first kappa shape index (κ1) is 27.9. The minimum atomic E-state index is -0.695. The third kappa shape index (κ3) is 4.23. The molecule has 3 heterocycles. The van der Waals surface area contributed by atoms with E-state index in [0.717, 1.165) is 52.9 Å². The van der Waals surface area contributed by atoms with E-state index in [4.69, 9.17) is 0 Å². The number of hydrogen-bond donors (Lipinski definition) is 1. The maximum absolute atomic E-state index is 11.8. The van der Waals surface area contributed by atoms with Crippen LogP contribution < -0.4 is 10.9 Å². The van der Waals surface area contributed by atoms with Gasteiger partial charge in [0, 0.05) is 52.5 Å². The van der Waals surface area contributed by atoms with Gasteiger partial charge in [-0.1, -0.05) is 115 Å². The summed E-state index contributed by atoms with van der Waals surface area (Å²) in [6.45, 7) is -0.695. The first-order valence-electron chi connectivity index (χ1n) is 16.1. The van der Waals surface area contributed by atoms with E-state index in [1.165, 1.54) is 32.6 Å². The van der Waals surface area contributed by atoms with E-state index in [1.807, 2.05) is 18.2 Å². The van der Waals surface area contributed by atoms with Gasteiger partial charge in [0.25, 0.3) is 0 Å². The topological polar surface area (TPSA) is 30.1 Å². The van der Waals surface area contributed by atoms with Crippen molar-refractivity contribution >= 4 is 85.0 Å². The molecule has 2 aromatic heterocycles. The molecule has 48 heavy (non-hydrogen) atoms. The maximum atomic E-state index is 11.8. The van der Waals surface area contributed by atoms with Crippen molar-refractivity contribution in [1.82, 2.24) is 9.13 Å². The van der Waals surface area contributed by atoms with Crippen molar-refractivity contribution in [3.63, 3.8) is 0 Å². The monoisotopic (exact) mass is 650 g/mol. The zero-order valence-electron chi connectivity index (χ0n) is 25.7. The van der Waals surface area contributed by atoms with Crippen LogP contribution in [-0.2, 0) is 0 Å². The Hall–Kier alpha value is -5.14. The summed E-state index contributed by atoms with van der Waals surface area (Å²) in [5.74, 6) is 0. The van der Waals surface area contributed by atoms with Gasteiger partial charge in [-0.15, -0.1) is 0 Å². The normalized spacial score (nSPS) is 12.6. The molecule has 0 amide bonds. The SMILES string of the molecule is OB1c2ccccc2Sc2cc(-n3c4ccccc4c4cc5c(cc43)c3ccccc3n5-c3ccccc3)cc(Sc3ccccc3)c21. The molecule has 0 atom stereocenters. The number of nitrogens with zero attached hydrogens (tertiary/aromatic N) is 2. The fourth-order valence-electron chi connectivity index (χ4n) is 7.41. The van der Waals surface area contributed by atoms with Crippen molar-refractivity contribution in [3.05, 3.63) is 158 Å². The molecule has 0 bridgehead atoms. The number of aromatic nitrogens is 2. The summed E-state index contributed by atoms with van der Waals surface area (Å²) in [5, 5.41) is 16.7. The fraction of sp³-hybridized carbons (Fsp3) is 0. The van der Waals surface area contributed by atoms with Crippen LogP contribution in [0.4, 0.5) is 0 Å². The van der Waals surface area contributed by atoms with Gasteiger partial charge in [-0.25, -0.2) is 0 Å². The highest BCUT2D eigenvalue weighted by Crippen LogP contribution is 2.42. The van der Waals surface area contributed by atoms with Gasteiger partial charge >= 0.3 is 6.92 Å². The van der Waals surface area contributed by atoms with Gasteiger partial charge < -0.3 is 14.2 Å². The van der Waals surface area contributed by atoms with Gasteiger partial charge in [0.05, 0.1) is 22.1 Å². The molecule has 226 valence electrons. The molecule has 1 N–H and O–H groups in total. The van der Waals surface area contributed by atoms with E-state index >= 15 is 0 Å². The Labute approximate surface area is 286 Å². The molecular weight excluding hydrogens is 623 g/mol. The van der Waals surface area contributed by atoms with Crippen LogP contribution >= 0.6 is 23.5 Å². The minimum absolute atomic E-state index is 0.695. The quantitative estimate of drug-likeness (QED) is 0.193. The first-order valence-corrected chi connectivity index (χ1v) is 17.7. The van der Waals surface area contributed by atoms with Gasteiger partial charge in [0.2, 0.25) is 0 Å². The summed E-state index contributed by atoms with van der Waals surface area (Å²) in [6, 6.07) is 56.1. The molecule has 0 saturated carbocycles. The Morgan fingerprint density at radius 3 is 1.73 bits per heavy atom. The Bertz CT molecular complexity index is 2700. The maximum Gasteiger partial charge on any atom is 0.362 e. The molecule has 0 spiro atoms. The summed E-state index contributed by atoms with van der Waals surface area (Å²) in [4.78, 5) is 4.40. The summed E-state index contributed by atoms with van der Waals surface area (Å²) in [5.41, 5.74) is 8.89. The molecule has 0 fully saturated rings. The molecule has 1 aliphatic heterocycles. The fourth-order valence-corrected chi connectivity index (χ4v) is 9.72. The van der Waals surface area contributed by atoms with Crippen LogP contribution in [0.3, 0.4) is 0 Å². The van der Waals surface area contributed by atoms with Crippen molar-refractivity contribution in [3.8, 4) is 11.4 Å². The zero-order valence-corrected chi connectivity index (χ0v) is 27.4. The third-order valence-corrected chi connectivity index (χ3v) is 11.7. The van der Waals surface area contributed by atoms with Crippen LogP contribution in [0.2, 0.25) is 0 Å². The second-order valence-electron chi connectivity index (χ2n) is 12.2. The molecule has 0 unspecified atom stereocenters. The molecule has 0 radical (unpaired) electrons. The van der Waals surface area contributed by atoms with Gasteiger partial charge in [0.1, 0.15) is 0 Å². The summed E-state index contributed by atoms with van der Waals surface area (Å²) >= 11 is 3.47. The summed E-state index contributed by atoms with van der Waals surface area (Å²) < 4.78 is 4.81. The summed E-state index contributed by atoms with van der Waals surface area (Å²) in [6.07, 6.45) is 0. The Morgan fingerprint density at radius 1 is 0.479 bits per heavy atom. The van der Waals surface area contributed by atoms with E-state index in [-0.39, 0.29) is 0 Å². The van der Waals surface area contributed by atoms with Crippen LogP contribution in [0.15, 0.2) is 177 Å². The molecule has 9 aromatic rings. The Morgan fingerprint density at radius 2 is 1.04 bits per heavy atom. The smallest absolute Gasteiger partial charge is 0.362 e. The number of para-hydroxylation sites is 3. The summed E-state index contributed by atoms with van der Waals surface area (Å²) in [7, 11) is 0. The lowest BCUT2D eigenvalue weighted by Gasteiger charge is -2.25. The van der Waals surface area contributed by atoms with Crippen molar-refractivity contribution < 1.29 is 5.02 Å². The average Bonchev–Trinajstić information content (AvgIpc) is 3.63. The van der Waals surface area contributed by atoms with Gasteiger partial charge in [-0.05, 0) is 77.7 Å². The van der Waals surface area contributed by atoms with E-state index < -0.39 is 6.92 Å². The van der Waals surface area contributed by atoms with Gasteiger partial charge in [0.15, 0.2) is 0 Å². The van der Waals surface area contributed by atoms with Crippen LogP contribution in [0.1, 0.15) is 0 Å². The predicted molar refractivity (Wildman–Crippen MR) is 203 cm³/mol. The highest BCUT2D eigenvalue weighted by Gasteiger charge is 2.32. The lowest BCUT2D eigenvalue weighted by molar-refractivity contribution is 0.597. The van der Waals surface area contributed by atoms with Crippen LogP contribution in [0, 0.1) is 0 Å². The molecule has 0 saturated heterocycles. The standard InChI is InChI=1S/C42H27BN2OS2/c46-43-34-19-9-12-22-39(34)48-41-24-28(23-40(42(41)43)47-29-15-5-2-6-16-29)45-36-21-11-8-18-31(36)33-25-37-32(26-38(33)45)30-17-7-10-20-35(30)44(37)27-13-3-1-4-14-27/h1-26,46H. The van der Waals surface area contributed by atoms with E-state index in [0.29, 0.717) is 0 Å². The van der Waals surface area contributed by atoms with E-state index in [2.05, 4.69) is 149 Å². The van der Waals surface area contributed by atoms with Crippen molar-refractivity contribution in [2.45, 2.75) is 19.6 Å². The van der Waals surface area contributed by atoms with Crippen molar-refractivity contribution in [2.24, 2.45) is 0 Å². The van der Waals surface area contributed by atoms with Crippen molar-refractivity contribution in [2.75, 3.05) is 0 Å². The van der Waals surface area contributed by atoms with E-state index in [1.54, 1.807) is 23.5 Å². The highest BCUT2D eigenvalue weighted by atomic mass is 32.2. The van der Waals surface area contributed by atoms with Crippen LogP contribution in [-0.4, -0.2) is 21.1 Å². The Balaban J connectivity index is 1.28. The van der Waals surface area contributed by atoms with E-state index in [9.17, 15) is 5.02 Å². The predicted octanol–water partition coefficient (Wildman–Crippen LogP) is 9.59. The number of fused-ring (bicyclic) bond motifs is 8. The van der Waals surface area contributed by atoms with Gasteiger partial charge in [-0.2, -0.15) is 0 Å². The molecule has 0 aliphatic carbocycles.